The Bertz CT molecular complexity index is 111. The van der Waals surface area contributed by atoms with Crippen LogP contribution in [0.4, 0.5) is 0 Å². The Labute approximate surface area is 93.5 Å². The van der Waals surface area contributed by atoms with Crippen molar-refractivity contribution in [2.75, 3.05) is 0 Å². The molecule has 0 radical (unpaired) electrons. The minimum Gasteiger partial charge on any atom is -0.105 e. The average Bonchev–Trinajstić information content (AvgIpc) is 2.04. The van der Waals surface area contributed by atoms with Crippen molar-refractivity contribution in [3.63, 3.8) is 0 Å². The Morgan fingerprint density at radius 2 is 0.917 bits per heavy atom. The number of alkyl halides is 4. The second kappa shape index (κ2) is 5.14. The highest BCUT2D eigenvalue weighted by atomic mass is 35.5. The number of hydrogen-bond acceptors (Lipinski definition) is 0. The van der Waals surface area contributed by atoms with Crippen LogP contribution >= 0.6 is 46.4 Å². The summed E-state index contributed by atoms with van der Waals surface area (Å²) in [5.74, 6) is 0.883. The SMILES string of the molecule is ClC(Cl)C1CCC(C(Cl)Cl)CC1. The fourth-order valence-electron chi connectivity index (χ4n) is 1.65. The van der Waals surface area contributed by atoms with Gasteiger partial charge in [-0.3, -0.25) is 0 Å². The molecule has 1 saturated carbocycles. The molecule has 0 aromatic heterocycles. The average molecular weight is 250 g/mol. The molecule has 1 aliphatic rings. The van der Waals surface area contributed by atoms with Crippen molar-refractivity contribution in [2.24, 2.45) is 11.8 Å². The summed E-state index contributed by atoms with van der Waals surface area (Å²) < 4.78 is 0. The molecule has 72 valence electrons. The highest BCUT2D eigenvalue weighted by Gasteiger charge is 2.28. The lowest BCUT2D eigenvalue weighted by Gasteiger charge is -2.29. The van der Waals surface area contributed by atoms with E-state index in [4.69, 9.17) is 46.4 Å². The highest BCUT2D eigenvalue weighted by Crippen LogP contribution is 2.37. The first-order chi connectivity index (χ1) is 5.61. The van der Waals surface area contributed by atoms with E-state index in [2.05, 4.69) is 0 Å². The third-order valence-electron chi connectivity index (χ3n) is 2.53. The van der Waals surface area contributed by atoms with Gasteiger partial charge in [0.1, 0.15) is 9.67 Å². The Kier molecular flexibility index (Phi) is 4.82. The van der Waals surface area contributed by atoms with Gasteiger partial charge in [0.2, 0.25) is 0 Å². The van der Waals surface area contributed by atoms with E-state index in [1.807, 2.05) is 0 Å². The number of rotatable bonds is 2. The van der Waals surface area contributed by atoms with Crippen LogP contribution in [-0.4, -0.2) is 9.67 Å². The molecule has 0 bridgehead atoms. The Hall–Kier alpha value is 1.16. The van der Waals surface area contributed by atoms with Gasteiger partial charge in [-0.1, -0.05) is 0 Å². The molecule has 0 aromatic carbocycles. The number of halogens is 4. The van der Waals surface area contributed by atoms with Gasteiger partial charge in [-0.25, -0.2) is 0 Å². The molecule has 0 nitrogen and oxygen atoms in total. The third kappa shape index (κ3) is 3.14. The molecular formula is C8H12Cl4. The van der Waals surface area contributed by atoms with E-state index >= 15 is 0 Å². The topological polar surface area (TPSA) is 0 Å². The van der Waals surface area contributed by atoms with Gasteiger partial charge in [0, 0.05) is 0 Å². The van der Waals surface area contributed by atoms with Crippen LogP contribution in [0.3, 0.4) is 0 Å². The highest BCUT2D eigenvalue weighted by molar-refractivity contribution is 6.44. The first-order valence-corrected chi connectivity index (χ1v) is 5.92. The zero-order valence-corrected chi connectivity index (χ0v) is 9.67. The quantitative estimate of drug-likeness (QED) is 0.637. The molecular weight excluding hydrogens is 238 g/mol. The van der Waals surface area contributed by atoms with Crippen molar-refractivity contribution >= 4 is 46.4 Å². The molecule has 0 N–H and O–H groups in total. The van der Waals surface area contributed by atoms with E-state index in [-0.39, 0.29) is 9.67 Å². The summed E-state index contributed by atoms with van der Waals surface area (Å²) in [6.45, 7) is 0. The summed E-state index contributed by atoms with van der Waals surface area (Å²) in [5.41, 5.74) is 0. The van der Waals surface area contributed by atoms with Gasteiger partial charge in [0.25, 0.3) is 0 Å². The summed E-state index contributed by atoms with van der Waals surface area (Å²) >= 11 is 23.1. The van der Waals surface area contributed by atoms with Crippen LogP contribution in [0, 0.1) is 11.8 Å². The van der Waals surface area contributed by atoms with Gasteiger partial charge < -0.3 is 0 Å². The van der Waals surface area contributed by atoms with Crippen LogP contribution < -0.4 is 0 Å². The van der Waals surface area contributed by atoms with Crippen LogP contribution in [0.2, 0.25) is 0 Å². The molecule has 0 saturated heterocycles. The van der Waals surface area contributed by atoms with Gasteiger partial charge >= 0.3 is 0 Å². The van der Waals surface area contributed by atoms with Crippen molar-refractivity contribution < 1.29 is 0 Å². The van der Waals surface area contributed by atoms with E-state index in [1.165, 1.54) is 0 Å². The van der Waals surface area contributed by atoms with Gasteiger partial charge in [-0.15, -0.1) is 46.4 Å². The molecule has 1 aliphatic carbocycles. The molecule has 1 rings (SSSR count). The normalized spacial score (nSPS) is 31.5. The van der Waals surface area contributed by atoms with Crippen molar-refractivity contribution in [3.05, 3.63) is 0 Å². The van der Waals surface area contributed by atoms with Crippen LogP contribution in [0.25, 0.3) is 0 Å². The minimum absolute atomic E-state index is 0.227. The first kappa shape index (κ1) is 11.2. The lowest BCUT2D eigenvalue weighted by atomic mass is 9.84. The van der Waals surface area contributed by atoms with Crippen LogP contribution in [0.15, 0.2) is 0 Å². The van der Waals surface area contributed by atoms with Gasteiger partial charge in [-0.05, 0) is 37.5 Å². The lowest BCUT2D eigenvalue weighted by Crippen LogP contribution is -2.22. The molecule has 4 heteroatoms. The van der Waals surface area contributed by atoms with E-state index in [1.54, 1.807) is 0 Å². The van der Waals surface area contributed by atoms with Gasteiger partial charge in [-0.2, -0.15) is 0 Å². The largest absolute Gasteiger partial charge is 0.110 e. The smallest absolute Gasteiger partial charge is 0.105 e. The standard InChI is InChI=1S/C8H12Cl4/c9-7(10)5-1-2-6(4-3-5)8(11)12/h5-8H,1-4H2. The maximum Gasteiger partial charge on any atom is 0.110 e. The van der Waals surface area contributed by atoms with E-state index in [9.17, 15) is 0 Å². The van der Waals surface area contributed by atoms with E-state index < -0.39 is 0 Å². The molecule has 0 spiro atoms. The molecule has 12 heavy (non-hydrogen) atoms. The summed E-state index contributed by atoms with van der Waals surface area (Å²) in [6.07, 6.45) is 4.22. The van der Waals surface area contributed by atoms with Crippen LogP contribution in [0.1, 0.15) is 25.7 Å². The van der Waals surface area contributed by atoms with Gasteiger partial charge in [0.15, 0.2) is 0 Å². The molecule has 0 amide bonds. The molecule has 0 unspecified atom stereocenters. The van der Waals surface area contributed by atoms with E-state index in [0.717, 1.165) is 25.7 Å². The van der Waals surface area contributed by atoms with E-state index in [0.29, 0.717) is 11.8 Å². The lowest BCUT2D eigenvalue weighted by molar-refractivity contribution is 0.296. The fourth-order valence-corrected chi connectivity index (χ4v) is 2.66. The second-order valence-electron chi connectivity index (χ2n) is 3.34. The Morgan fingerprint density at radius 3 is 1.08 bits per heavy atom. The molecule has 0 aliphatic heterocycles. The summed E-state index contributed by atoms with van der Waals surface area (Å²) in [4.78, 5) is -0.454. The Balaban J connectivity index is 2.30. The van der Waals surface area contributed by atoms with Crippen LogP contribution in [0.5, 0.6) is 0 Å². The predicted molar refractivity (Wildman–Crippen MR) is 56.4 cm³/mol. The minimum atomic E-state index is -0.227. The van der Waals surface area contributed by atoms with Crippen molar-refractivity contribution in [3.8, 4) is 0 Å². The molecule has 0 heterocycles. The zero-order chi connectivity index (χ0) is 9.14. The Morgan fingerprint density at radius 1 is 0.667 bits per heavy atom. The maximum atomic E-state index is 5.78. The summed E-state index contributed by atoms with van der Waals surface area (Å²) in [7, 11) is 0. The monoisotopic (exact) mass is 248 g/mol. The molecule has 1 fully saturated rings. The summed E-state index contributed by atoms with van der Waals surface area (Å²) in [5, 5.41) is 0. The van der Waals surface area contributed by atoms with Crippen molar-refractivity contribution in [2.45, 2.75) is 35.4 Å². The second-order valence-corrected chi connectivity index (χ2v) is 5.67. The number of hydrogen-bond donors (Lipinski definition) is 0. The zero-order valence-electron chi connectivity index (χ0n) is 6.65. The predicted octanol–water partition coefficient (Wildman–Crippen LogP) is 4.40. The van der Waals surface area contributed by atoms with Gasteiger partial charge in [0.05, 0.1) is 0 Å². The molecule has 0 aromatic rings. The summed E-state index contributed by atoms with van der Waals surface area (Å²) in [6, 6.07) is 0. The van der Waals surface area contributed by atoms with Crippen molar-refractivity contribution in [1.29, 1.82) is 0 Å². The fraction of sp³-hybridized carbons (Fsp3) is 1.00. The van der Waals surface area contributed by atoms with Crippen molar-refractivity contribution in [1.82, 2.24) is 0 Å². The van der Waals surface area contributed by atoms with Crippen LogP contribution in [-0.2, 0) is 0 Å². The first-order valence-electron chi connectivity index (χ1n) is 4.17. The molecule has 0 atom stereocenters. The maximum absolute atomic E-state index is 5.78. The third-order valence-corrected chi connectivity index (χ3v) is 3.95.